The molecule has 100 valence electrons. The molecule has 0 atom stereocenters. The Morgan fingerprint density at radius 1 is 1.24 bits per heavy atom. The van der Waals surface area contributed by atoms with Crippen LogP contribution < -0.4 is 5.32 Å². The summed E-state index contributed by atoms with van der Waals surface area (Å²) in [6.45, 7) is 7.17. The van der Waals surface area contributed by atoms with E-state index in [-0.39, 0.29) is 5.60 Å². The fourth-order valence-corrected chi connectivity index (χ4v) is 2.89. The predicted molar refractivity (Wildman–Crippen MR) is 69.3 cm³/mol. The van der Waals surface area contributed by atoms with E-state index in [4.69, 9.17) is 9.47 Å². The number of hydrogen-bond donors (Lipinski definition) is 1. The van der Waals surface area contributed by atoms with E-state index >= 15 is 0 Å². The minimum atomic E-state index is 0.117. The van der Waals surface area contributed by atoms with Crippen LogP contribution in [0.3, 0.4) is 0 Å². The van der Waals surface area contributed by atoms with Gasteiger partial charge in [0.15, 0.2) is 0 Å². The number of ether oxygens (including phenoxy) is 2. The molecule has 1 aliphatic heterocycles. The second kappa shape index (κ2) is 6.17. The van der Waals surface area contributed by atoms with Gasteiger partial charge in [0.2, 0.25) is 0 Å². The first-order valence-corrected chi connectivity index (χ1v) is 7.19. The van der Waals surface area contributed by atoms with Gasteiger partial charge < -0.3 is 14.8 Å². The van der Waals surface area contributed by atoms with Crippen LogP contribution in [0.4, 0.5) is 0 Å². The van der Waals surface area contributed by atoms with Crippen LogP contribution in [0, 0.1) is 0 Å². The van der Waals surface area contributed by atoms with Crippen LogP contribution in [0.5, 0.6) is 0 Å². The molecule has 1 saturated heterocycles. The van der Waals surface area contributed by atoms with Gasteiger partial charge in [0.05, 0.1) is 11.7 Å². The molecule has 1 heterocycles. The van der Waals surface area contributed by atoms with E-state index in [9.17, 15) is 0 Å². The van der Waals surface area contributed by atoms with E-state index in [1.54, 1.807) is 0 Å². The molecule has 1 saturated carbocycles. The van der Waals surface area contributed by atoms with Gasteiger partial charge in [-0.15, -0.1) is 0 Å². The second-order valence-electron chi connectivity index (χ2n) is 5.86. The van der Waals surface area contributed by atoms with Gasteiger partial charge >= 0.3 is 0 Å². The highest BCUT2D eigenvalue weighted by Gasteiger charge is 2.37. The van der Waals surface area contributed by atoms with Gasteiger partial charge in [-0.2, -0.15) is 0 Å². The second-order valence-corrected chi connectivity index (χ2v) is 5.86. The Kier molecular flexibility index (Phi) is 4.83. The fourth-order valence-electron chi connectivity index (χ4n) is 2.89. The summed E-state index contributed by atoms with van der Waals surface area (Å²) in [6.07, 6.45) is 7.67. The fraction of sp³-hybridized carbons (Fsp3) is 1.00. The molecule has 0 amide bonds. The lowest BCUT2D eigenvalue weighted by Crippen LogP contribution is -2.46. The summed E-state index contributed by atoms with van der Waals surface area (Å²) in [5.74, 6) is 0. The molecule has 0 aromatic rings. The molecule has 2 rings (SSSR count). The van der Waals surface area contributed by atoms with Gasteiger partial charge in [-0.25, -0.2) is 0 Å². The molecule has 0 spiro atoms. The molecule has 2 aliphatic rings. The Morgan fingerprint density at radius 3 is 2.47 bits per heavy atom. The van der Waals surface area contributed by atoms with Gasteiger partial charge in [0.1, 0.15) is 0 Å². The number of hydrogen-bond acceptors (Lipinski definition) is 3. The average Bonchev–Trinajstić information content (AvgIpc) is 2.77. The Balaban J connectivity index is 1.86. The molecule has 1 N–H and O–H groups in total. The van der Waals surface area contributed by atoms with Crippen LogP contribution in [-0.4, -0.2) is 37.5 Å². The summed E-state index contributed by atoms with van der Waals surface area (Å²) in [6, 6.07) is 0.547. The zero-order valence-corrected chi connectivity index (χ0v) is 11.3. The van der Waals surface area contributed by atoms with E-state index in [1.807, 2.05) is 0 Å². The molecule has 1 aliphatic carbocycles. The molecule has 0 unspecified atom stereocenters. The largest absolute Gasteiger partial charge is 0.381 e. The maximum Gasteiger partial charge on any atom is 0.0810 e. The highest BCUT2D eigenvalue weighted by atomic mass is 16.5. The molecule has 3 nitrogen and oxygen atoms in total. The number of nitrogens with one attached hydrogen (secondary N) is 1. The third-order valence-corrected chi connectivity index (χ3v) is 3.93. The highest BCUT2D eigenvalue weighted by molar-refractivity contribution is 4.90. The molecule has 3 heteroatoms. The van der Waals surface area contributed by atoms with Crippen molar-refractivity contribution in [2.45, 2.75) is 70.1 Å². The van der Waals surface area contributed by atoms with E-state index in [0.29, 0.717) is 12.1 Å². The van der Waals surface area contributed by atoms with Crippen molar-refractivity contribution in [2.75, 3.05) is 19.8 Å². The van der Waals surface area contributed by atoms with Gasteiger partial charge in [-0.3, -0.25) is 0 Å². The lowest BCUT2D eigenvalue weighted by Gasteiger charge is -2.36. The smallest absolute Gasteiger partial charge is 0.0810 e. The molecular formula is C14H27NO2. The summed E-state index contributed by atoms with van der Waals surface area (Å²) in [7, 11) is 0. The Hall–Kier alpha value is -0.120. The molecule has 0 bridgehead atoms. The Bertz CT molecular complexity index is 218. The van der Waals surface area contributed by atoms with Gasteiger partial charge in [-0.1, -0.05) is 26.7 Å². The zero-order valence-electron chi connectivity index (χ0n) is 11.3. The Morgan fingerprint density at radius 2 is 1.88 bits per heavy atom. The molecule has 0 aromatic heterocycles. The van der Waals surface area contributed by atoms with E-state index < -0.39 is 0 Å². The monoisotopic (exact) mass is 241 g/mol. The zero-order chi connectivity index (χ0) is 12.1. The van der Waals surface area contributed by atoms with Crippen molar-refractivity contribution in [3.63, 3.8) is 0 Å². The van der Waals surface area contributed by atoms with E-state index in [1.165, 1.54) is 25.7 Å². The van der Waals surface area contributed by atoms with Crippen molar-refractivity contribution in [1.29, 1.82) is 0 Å². The topological polar surface area (TPSA) is 30.5 Å². The standard InChI is InChI=1S/C14H27NO2/c1-12(2)15-11-14(7-3-4-8-14)17-13-5-9-16-10-6-13/h12-13,15H,3-11H2,1-2H3. The first-order valence-electron chi connectivity index (χ1n) is 7.19. The predicted octanol–water partition coefficient (Wildman–Crippen LogP) is 2.49. The first kappa shape index (κ1) is 13.3. The summed E-state index contributed by atoms with van der Waals surface area (Å²) in [4.78, 5) is 0. The van der Waals surface area contributed by atoms with Crippen molar-refractivity contribution in [1.82, 2.24) is 5.32 Å². The molecule has 0 aromatic carbocycles. The number of rotatable bonds is 5. The van der Waals surface area contributed by atoms with Crippen molar-refractivity contribution >= 4 is 0 Å². The van der Waals surface area contributed by atoms with Gasteiger partial charge in [0, 0.05) is 25.8 Å². The van der Waals surface area contributed by atoms with Crippen LogP contribution in [0.2, 0.25) is 0 Å². The Labute approximate surface area is 105 Å². The van der Waals surface area contributed by atoms with E-state index in [2.05, 4.69) is 19.2 Å². The third-order valence-electron chi connectivity index (χ3n) is 3.93. The molecule has 2 fully saturated rings. The lowest BCUT2D eigenvalue weighted by atomic mass is 10.00. The normalized spacial score (nSPS) is 25.6. The average molecular weight is 241 g/mol. The van der Waals surface area contributed by atoms with Crippen LogP contribution >= 0.6 is 0 Å². The molecule has 17 heavy (non-hydrogen) atoms. The van der Waals surface area contributed by atoms with Gasteiger partial charge in [-0.05, 0) is 25.7 Å². The third kappa shape index (κ3) is 3.94. The van der Waals surface area contributed by atoms with E-state index in [0.717, 1.165) is 32.6 Å². The summed E-state index contributed by atoms with van der Waals surface area (Å²) in [5.41, 5.74) is 0.117. The molecular weight excluding hydrogens is 214 g/mol. The maximum atomic E-state index is 6.45. The summed E-state index contributed by atoms with van der Waals surface area (Å²) in [5, 5.41) is 3.56. The lowest BCUT2D eigenvalue weighted by molar-refractivity contribution is -0.122. The van der Waals surface area contributed by atoms with Crippen molar-refractivity contribution < 1.29 is 9.47 Å². The minimum Gasteiger partial charge on any atom is -0.381 e. The van der Waals surface area contributed by atoms with Crippen molar-refractivity contribution in [3.05, 3.63) is 0 Å². The summed E-state index contributed by atoms with van der Waals surface area (Å²) < 4.78 is 11.8. The maximum absolute atomic E-state index is 6.45. The molecule has 0 radical (unpaired) electrons. The van der Waals surface area contributed by atoms with Crippen LogP contribution in [0.25, 0.3) is 0 Å². The van der Waals surface area contributed by atoms with Crippen molar-refractivity contribution in [2.24, 2.45) is 0 Å². The quantitative estimate of drug-likeness (QED) is 0.802. The summed E-state index contributed by atoms with van der Waals surface area (Å²) >= 11 is 0. The minimum absolute atomic E-state index is 0.117. The highest BCUT2D eigenvalue weighted by Crippen LogP contribution is 2.35. The van der Waals surface area contributed by atoms with Crippen LogP contribution in [0.1, 0.15) is 52.4 Å². The van der Waals surface area contributed by atoms with Gasteiger partial charge in [0.25, 0.3) is 0 Å². The van der Waals surface area contributed by atoms with Crippen molar-refractivity contribution in [3.8, 4) is 0 Å². The SMILES string of the molecule is CC(C)NCC1(OC2CCOCC2)CCCC1. The van der Waals surface area contributed by atoms with Crippen LogP contribution in [0.15, 0.2) is 0 Å². The van der Waals surface area contributed by atoms with Crippen LogP contribution in [-0.2, 0) is 9.47 Å². The first-order chi connectivity index (χ1) is 8.20.